The Hall–Kier alpha value is -2.11. The molecule has 0 bridgehead atoms. The lowest BCUT2D eigenvalue weighted by Gasteiger charge is -2.26. The lowest BCUT2D eigenvalue weighted by molar-refractivity contribution is -0.137. The van der Waals surface area contributed by atoms with Gasteiger partial charge in [-0.15, -0.1) is 0 Å². The van der Waals surface area contributed by atoms with E-state index in [2.05, 4.69) is 4.98 Å². The van der Waals surface area contributed by atoms with E-state index in [1.54, 1.807) is 6.07 Å². The molecule has 6 nitrogen and oxygen atoms in total. The molecule has 1 aliphatic rings. The summed E-state index contributed by atoms with van der Waals surface area (Å²) in [5.41, 5.74) is 1.68. The van der Waals surface area contributed by atoms with Crippen molar-refractivity contribution in [3.63, 3.8) is 0 Å². The largest absolute Gasteiger partial charge is 0.481 e. The molecule has 1 amide bonds. The molecule has 0 unspecified atom stereocenters. The topological polar surface area (TPSA) is 90.5 Å². The summed E-state index contributed by atoms with van der Waals surface area (Å²) in [5, 5.41) is 8.80. The Balaban J connectivity index is 2.30. The predicted molar refractivity (Wildman–Crippen MR) is 82.1 cm³/mol. The van der Waals surface area contributed by atoms with Crippen molar-refractivity contribution in [1.29, 1.82) is 0 Å². The van der Waals surface area contributed by atoms with Crippen molar-refractivity contribution in [2.24, 2.45) is 0 Å². The molecule has 1 aromatic heterocycles. The summed E-state index contributed by atoms with van der Waals surface area (Å²) >= 11 is 0. The maximum atomic E-state index is 12.6. The van der Waals surface area contributed by atoms with Crippen molar-refractivity contribution in [3.8, 4) is 0 Å². The fraction of sp³-hybridized carbons (Fsp3) is 0.562. The second kappa shape index (κ2) is 6.77. The molecule has 1 aliphatic carbocycles. The zero-order valence-corrected chi connectivity index (χ0v) is 13.0. The fourth-order valence-electron chi connectivity index (χ4n) is 2.80. The molecule has 0 fully saturated rings. The van der Waals surface area contributed by atoms with Crippen molar-refractivity contribution < 1.29 is 14.7 Å². The summed E-state index contributed by atoms with van der Waals surface area (Å²) in [4.78, 5) is 39.8. The van der Waals surface area contributed by atoms with E-state index in [-0.39, 0.29) is 30.1 Å². The van der Waals surface area contributed by atoms with Gasteiger partial charge in [-0.05, 0) is 51.2 Å². The molecule has 120 valence electrons. The van der Waals surface area contributed by atoms with Crippen LogP contribution in [-0.4, -0.2) is 39.5 Å². The number of hydrogen-bond donors (Lipinski definition) is 2. The highest BCUT2D eigenvalue weighted by atomic mass is 16.4. The zero-order valence-electron chi connectivity index (χ0n) is 13.0. The Morgan fingerprint density at radius 1 is 1.32 bits per heavy atom. The molecule has 0 aromatic carbocycles. The third kappa shape index (κ3) is 3.55. The molecule has 22 heavy (non-hydrogen) atoms. The highest BCUT2D eigenvalue weighted by molar-refractivity contribution is 5.94. The number of aromatic amines is 1. The summed E-state index contributed by atoms with van der Waals surface area (Å²) in [6, 6.07) is 1.52. The van der Waals surface area contributed by atoms with E-state index in [9.17, 15) is 14.4 Å². The van der Waals surface area contributed by atoms with Crippen LogP contribution in [0.15, 0.2) is 10.9 Å². The van der Waals surface area contributed by atoms with Gasteiger partial charge in [-0.2, -0.15) is 0 Å². The third-order valence-corrected chi connectivity index (χ3v) is 4.02. The Morgan fingerprint density at radius 3 is 2.64 bits per heavy atom. The van der Waals surface area contributed by atoms with Gasteiger partial charge in [-0.3, -0.25) is 14.4 Å². The third-order valence-electron chi connectivity index (χ3n) is 4.02. The average molecular weight is 306 g/mol. The summed E-state index contributed by atoms with van der Waals surface area (Å²) in [6.45, 7) is 3.72. The van der Waals surface area contributed by atoms with Crippen molar-refractivity contribution in [2.45, 2.75) is 52.0 Å². The molecule has 0 saturated carbocycles. The molecule has 0 aliphatic heterocycles. The quantitative estimate of drug-likeness (QED) is 0.864. The minimum absolute atomic E-state index is 0.0996. The van der Waals surface area contributed by atoms with Crippen LogP contribution in [0, 0.1) is 0 Å². The van der Waals surface area contributed by atoms with Gasteiger partial charge in [-0.25, -0.2) is 0 Å². The number of aromatic nitrogens is 1. The monoisotopic (exact) mass is 306 g/mol. The molecule has 0 saturated heterocycles. The second-order valence-electron chi connectivity index (χ2n) is 5.96. The highest BCUT2D eigenvalue weighted by Crippen LogP contribution is 2.19. The van der Waals surface area contributed by atoms with E-state index in [4.69, 9.17) is 5.11 Å². The van der Waals surface area contributed by atoms with Crippen LogP contribution in [-0.2, 0) is 17.6 Å². The number of hydrogen-bond acceptors (Lipinski definition) is 3. The first-order valence-electron chi connectivity index (χ1n) is 7.68. The van der Waals surface area contributed by atoms with Crippen LogP contribution in [0.5, 0.6) is 0 Å². The number of aryl methyl sites for hydroxylation is 2. The number of carbonyl (C=O) groups excluding carboxylic acids is 1. The number of rotatable bonds is 5. The number of H-pyrrole nitrogens is 1. The number of amides is 1. The molecule has 0 spiro atoms. The van der Waals surface area contributed by atoms with Crippen LogP contribution >= 0.6 is 0 Å². The van der Waals surface area contributed by atoms with Crippen molar-refractivity contribution >= 4 is 11.9 Å². The Morgan fingerprint density at radius 2 is 2.00 bits per heavy atom. The Labute approximate surface area is 129 Å². The predicted octanol–water partition coefficient (Wildman–Crippen LogP) is 1.58. The van der Waals surface area contributed by atoms with Crippen LogP contribution in [0.25, 0.3) is 0 Å². The van der Waals surface area contributed by atoms with Crippen LogP contribution in [0.2, 0.25) is 0 Å². The lowest BCUT2D eigenvalue weighted by Crippen LogP contribution is -2.41. The molecule has 1 aromatic rings. The first-order chi connectivity index (χ1) is 10.4. The van der Waals surface area contributed by atoms with Crippen LogP contribution in [0.1, 0.15) is 54.7 Å². The Bertz CT molecular complexity index is 634. The molecular formula is C16H22N2O4. The minimum atomic E-state index is -0.960. The van der Waals surface area contributed by atoms with E-state index in [0.717, 1.165) is 36.9 Å². The van der Waals surface area contributed by atoms with Gasteiger partial charge in [-0.1, -0.05) is 0 Å². The van der Waals surface area contributed by atoms with Gasteiger partial charge in [0.05, 0.1) is 6.42 Å². The van der Waals surface area contributed by atoms with Crippen molar-refractivity contribution in [1.82, 2.24) is 9.88 Å². The summed E-state index contributed by atoms with van der Waals surface area (Å²) in [7, 11) is 0. The summed E-state index contributed by atoms with van der Waals surface area (Å²) in [5.74, 6) is -1.36. The molecular weight excluding hydrogens is 284 g/mol. The van der Waals surface area contributed by atoms with Crippen LogP contribution in [0.4, 0.5) is 0 Å². The molecule has 0 atom stereocenters. The van der Waals surface area contributed by atoms with Crippen LogP contribution in [0.3, 0.4) is 0 Å². The molecule has 6 heteroatoms. The summed E-state index contributed by atoms with van der Waals surface area (Å²) < 4.78 is 0. The first-order valence-corrected chi connectivity index (χ1v) is 7.68. The standard InChI is InChI=1S/C16H22N2O4/c1-10(2)18(8-7-14(19)20)16(22)12-9-11-5-3-4-6-13(11)17-15(12)21/h9-10H,3-8H2,1-2H3,(H,17,21)(H,19,20). The molecule has 0 radical (unpaired) electrons. The highest BCUT2D eigenvalue weighted by Gasteiger charge is 2.24. The number of carboxylic acids is 1. The summed E-state index contributed by atoms with van der Waals surface area (Å²) in [6.07, 6.45) is 3.68. The van der Waals surface area contributed by atoms with E-state index in [1.165, 1.54) is 4.90 Å². The molecule has 1 heterocycles. The SMILES string of the molecule is CC(C)N(CCC(=O)O)C(=O)c1cc2c([nH]c1=O)CCCC2. The van der Waals surface area contributed by atoms with Crippen LogP contribution < -0.4 is 5.56 Å². The zero-order chi connectivity index (χ0) is 16.3. The van der Waals surface area contributed by atoms with Gasteiger partial charge in [0, 0.05) is 18.3 Å². The van der Waals surface area contributed by atoms with E-state index >= 15 is 0 Å². The first kappa shape index (κ1) is 16.3. The number of pyridine rings is 1. The molecule has 2 N–H and O–H groups in total. The Kier molecular flexibility index (Phi) is 5.00. The van der Waals surface area contributed by atoms with Gasteiger partial charge < -0.3 is 15.0 Å². The minimum Gasteiger partial charge on any atom is -0.481 e. The van der Waals surface area contributed by atoms with E-state index in [0.29, 0.717) is 0 Å². The lowest BCUT2D eigenvalue weighted by atomic mass is 9.95. The number of aliphatic carboxylic acids is 1. The van der Waals surface area contributed by atoms with Gasteiger partial charge in [0.1, 0.15) is 5.56 Å². The number of carboxylic acid groups (broad SMARTS) is 1. The number of fused-ring (bicyclic) bond motifs is 1. The number of carbonyl (C=O) groups is 2. The van der Waals surface area contributed by atoms with Gasteiger partial charge in [0.15, 0.2) is 0 Å². The van der Waals surface area contributed by atoms with Crippen molar-refractivity contribution in [2.75, 3.05) is 6.54 Å². The average Bonchev–Trinajstić information content (AvgIpc) is 2.45. The number of nitrogens with zero attached hydrogens (tertiary/aromatic N) is 1. The number of nitrogens with one attached hydrogen (secondary N) is 1. The fourth-order valence-corrected chi connectivity index (χ4v) is 2.80. The van der Waals surface area contributed by atoms with Gasteiger partial charge in [0.25, 0.3) is 11.5 Å². The normalized spacial score (nSPS) is 13.8. The van der Waals surface area contributed by atoms with E-state index < -0.39 is 11.9 Å². The van der Waals surface area contributed by atoms with Gasteiger partial charge >= 0.3 is 5.97 Å². The van der Waals surface area contributed by atoms with Crippen molar-refractivity contribution in [3.05, 3.63) is 33.2 Å². The maximum absolute atomic E-state index is 12.6. The smallest absolute Gasteiger partial charge is 0.305 e. The maximum Gasteiger partial charge on any atom is 0.305 e. The second-order valence-corrected chi connectivity index (χ2v) is 5.96. The van der Waals surface area contributed by atoms with E-state index in [1.807, 2.05) is 13.8 Å². The van der Waals surface area contributed by atoms with Gasteiger partial charge in [0.2, 0.25) is 0 Å². The molecule has 2 rings (SSSR count).